The van der Waals surface area contributed by atoms with Crippen LogP contribution in [-0.2, 0) is 17.6 Å². The van der Waals surface area contributed by atoms with E-state index in [4.69, 9.17) is 0 Å². The van der Waals surface area contributed by atoms with Gasteiger partial charge >= 0.3 is 0 Å². The Morgan fingerprint density at radius 3 is 3.29 bits per heavy atom. The molecule has 1 aliphatic rings. The lowest BCUT2D eigenvalue weighted by Crippen LogP contribution is -2.01. The van der Waals surface area contributed by atoms with Crippen LogP contribution in [-0.4, -0.2) is 22.3 Å². The predicted molar refractivity (Wildman–Crippen MR) is 61.1 cm³/mol. The zero-order valence-electron chi connectivity index (χ0n) is 7.94. The highest BCUT2D eigenvalue weighted by Gasteiger charge is 2.17. The highest BCUT2D eigenvalue weighted by atomic mass is 32.2. The Labute approximate surface area is 92.1 Å². The van der Waals surface area contributed by atoms with E-state index in [2.05, 4.69) is 16.7 Å². The Hall–Kier alpha value is -0.350. The first-order valence-electron chi connectivity index (χ1n) is 4.87. The number of hydrogen-bond donors (Lipinski definition) is 0. The van der Waals surface area contributed by atoms with Crippen molar-refractivity contribution >= 4 is 29.4 Å². The average Bonchev–Trinajstić information content (AvgIpc) is 2.79. The summed E-state index contributed by atoms with van der Waals surface area (Å²) in [5, 5.41) is 3.97. The minimum atomic E-state index is 0.467. The molecule has 1 saturated heterocycles. The van der Waals surface area contributed by atoms with Gasteiger partial charge in [-0.15, -0.1) is 11.3 Å². The molecule has 76 valence electrons. The van der Waals surface area contributed by atoms with Crippen LogP contribution >= 0.6 is 23.1 Å². The van der Waals surface area contributed by atoms with Gasteiger partial charge in [-0.25, -0.2) is 4.98 Å². The van der Waals surface area contributed by atoms with E-state index >= 15 is 0 Å². The molecule has 1 unspecified atom stereocenters. The second kappa shape index (κ2) is 4.94. The second-order valence-electron chi connectivity index (χ2n) is 3.44. The molecule has 1 aromatic heterocycles. The highest BCUT2D eigenvalue weighted by Crippen LogP contribution is 2.29. The first-order chi connectivity index (χ1) is 6.88. The van der Waals surface area contributed by atoms with Crippen molar-refractivity contribution in [3.63, 3.8) is 0 Å². The van der Waals surface area contributed by atoms with Gasteiger partial charge in [-0.3, -0.25) is 0 Å². The maximum Gasteiger partial charge on any atom is 0.125 e. The normalized spacial score (nSPS) is 21.3. The van der Waals surface area contributed by atoms with E-state index in [9.17, 15) is 4.79 Å². The first kappa shape index (κ1) is 10.2. The fourth-order valence-corrected chi connectivity index (χ4v) is 3.89. The van der Waals surface area contributed by atoms with Crippen molar-refractivity contribution in [2.45, 2.75) is 30.9 Å². The molecular weight excluding hydrogens is 214 g/mol. The number of hydrogen-bond acceptors (Lipinski definition) is 4. The number of nitrogens with zero attached hydrogens (tertiary/aromatic N) is 1. The summed E-state index contributed by atoms with van der Waals surface area (Å²) in [5.74, 6) is 1.30. The number of carbonyl (C=O) groups excluding carboxylic acids is 1. The van der Waals surface area contributed by atoms with E-state index in [1.54, 1.807) is 11.3 Å². The molecule has 0 bridgehead atoms. The van der Waals surface area contributed by atoms with Crippen molar-refractivity contribution < 1.29 is 4.79 Å². The highest BCUT2D eigenvalue weighted by molar-refractivity contribution is 8.00. The van der Waals surface area contributed by atoms with Gasteiger partial charge in [0.1, 0.15) is 6.29 Å². The lowest BCUT2D eigenvalue weighted by Gasteiger charge is -2.03. The molecule has 0 aromatic carbocycles. The number of carbonyl (C=O) groups is 1. The molecule has 14 heavy (non-hydrogen) atoms. The summed E-state index contributed by atoms with van der Waals surface area (Å²) in [4.78, 5) is 14.7. The summed E-state index contributed by atoms with van der Waals surface area (Å²) in [7, 11) is 0. The van der Waals surface area contributed by atoms with Crippen LogP contribution in [0.5, 0.6) is 0 Å². The minimum absolute atomic E-state index is 0.467. The van der Waals surface area contributed by atoms with Crippen molar-refractivity contribution in [2.75, 3.05) is 5.75 Å². The maximum absolute atomic E-state index is 10.3. The third kappa shape index (κ3) is 2.58. The molecule has 0 N–H and O–H groups in total. The molecule has 1 aromatic rings. The largest absolute Gasteiger partial charge is 0.303 e. The monoisotopic (exact) mass is 227 g/mol. The van der Waals surface area contributed by atoms with Gasteiger partial charge in [0.2, 0.25) is 0 Å². The molecule has 0 aliphatic carbocycles. The summed E-state index contributed by atoms with van der Waals surface area (Å²) in [6.07, 6.45) is 5.15. The van der Waals surface area contributed by atoms with Gasteiger partial charge in [0, 0.05) is 23.5 Å². The Morgan fingerprint density at radius 1 is 1.64 bits per heavy atom. The number of rotatable bonds is 4. The topological polar surface area (TPSA) is 30.0 Å². The van der Waals surface area contributed by atoms with Gasteiger partial charge in [-0.05, 0) is 18.6 Å². The molecule has 1 atom stereocenters. The maximum atomic E-state index is 10.3. The summed E-state index contributed by atoms with van der Waals surface area (Å²) < 4.78 is 0. The molecule has 0 saturated carbocycles. The zero-order valence-corrected chi connectivity index (χ0v) is 9.57. The van der Waals surface area contributed by atoms with Gasteiger partial charge in [-0.2, -0.15) is 11.8 Å². The van der Waals surface area contributed by atoms with Gasteiger partial charge in [-0.1, -0.05) is 0 Å². The fraction of sp³-hybridized carbons (Fsp3) is 0.600. The van der Waals surface area contributed by atoms with Crippen LogP contribution in [0.25, 0.3) is 0 Å². The predicted octanol–water partition coefficient (Wildman–Crippen LogP) is 2.32. The van der Waals surface area contributed by atoms with Crippen LogP contribution in [0.4, 0.5) is 0 Å². The Morgan fingerprint density at radius 2 is 2.57 bits per heavy atom. The van der Waals surface area contributed by atoms with E-state index < -0.39 is 0 Å². The van der Waals surface area contributed by atoms with Crippen molar-refractivity contribution in [3.05, 3.63) is 16.1 Å². The van der Waals surface area contributed by atoms with Gasteiger partial charge in [0.15, 0.2) is 0 Å². The van der Waals surface area contributed by atoms with Gasteiger partial charge < -0.3 is 4.79 Å². The average molecular weight is 227 g/mol. The zero-order chi connectivity index (χ0) is 9.80. The third-order valence-electron chi connectivity index (χ3n) is 2.32. The molecule has 2 heterocycles. The fourth-order valence-electron chi connectivity index (χ4n) is 1.62. The molecule has 1 aliphatic heterocycles. The lowest BCUT2D eigenvalue weighted by atomic mass is 10.2. The standard InChI is InChI=1S/C10H13NOS2/c12-4-3-8-7-14-10(11-8)6-9-2-1-5-13-9/h4,7,9H,1-3,5-6H2. The van der Waals surface area contributed by atoms with E-state index in [1.165, 1.54) is 23.6 Å². The van der Waals surface area contributed by atoms with Crippen LogP contribution in [0, 0.1) is 0 Å². The summed E-state index contributed by atoms with van der Waals surface area (Å²) in [6.45, 7) is 0. The molecule has 2 rings (SSSR count). The van der Waals surface area contributed by atoms with Crippen LogP contribution in [0.1, 0.15) is 23.5 Å². The molecule has 1 fully saturated rings. The number of thiazole rings is 1. The first-order valence-corrected chi connectivity index (χ1v) is 6.80. The molecule has 4 heteroatoms. The SMILES string of the molecule is O=CCc1csc(CC2CCCS2)n1. The van der Waals surface area contributed by atoms with Crippen molar-refractivity contribution in [1.29, 1.82) is 0 Å². The number of thioether (sulfide) groups is 1. The number of aromatic nitrogens is 1. The van der Waals surface area contributed by atoms with Gasteiger partial charge in [0.25, 0.3) is 0 Å². The summed E-state index contributed by atoms with van der Waals surface area (Å²) in [6, 6.07) is 0. The summed E-state index contributed by atoms with van der Waals surface area (Å²) in [5.41, 5.74) is 0.933. The Bertz CT molecular complexity index is 305. The van der Waals surface area contributed by atoms with E-state index in [0.717, 1.165) is 23.7 Å². The van der Waals surface area contributed by atoms with Crippen molar-refractivity contribution in [2.24, 2.45) is 0 Å². The number of aldehydes is 1. The molecule has 0 amide bonds. The minimum Gasteiger partial charge on any atom is -0.303 e. The Balaban J connectivity index is 1.91. The third-order valence-corrected chi connectivity index (χ3v) is 4.64. The van der Waals surface area contributed by atoms with Crippen molar-refractivity contribution in [1.82, 2.24) is 4.98 Å². The molecule has 2 nitrogen and oxygen atoms in total. The van der Waals surface area contributed by atoms with E-state index in [0.29, 0.717) is 6.42 Å². The molecular formula is C10H13NOS2. The van der Waals surface area contributed by atoms with Crippen LogP contribution in [0.3, 0.4) is 0 Å². The molecule has 0 spiro atoms. The van der Waals surface area contributed by atoms with Gasteiger partial charge in [0.05, 0.1) is 10.7 Å². The second-order valence-corrected chi connectivity index (χ2v) is 5.79. The van der Waals surface area contributed by atoms with E-state index in [-0.39, 0.29) is 0 Å². The lowest BCUT2D eigenvalue weighted by molar-refractivity contribution is -0.107. The quantitative estimate of drug-likeness (QED) is 0.739. The van der Waals surface area contributed by atoms with Crippen LogP contribution in [0.15, 0.2) is 5.38 Å². The molecule has 0 radical (unpaired) electrons. The Kier molecular flexibility index (Phi) is 3.59. The summed E-state index contributed by atoms with van der Waals surface area (Å²) >= 11 is 3.75. The van der Waals surface area contributed by atoms with Crippen LogP contribution in [0.2, 0.25) is 0 Å². The van der Waals surface area contributed by atoms with Crippen molar-refractivity contribution in [3.8, 4) is 0 Å². The van der Waals surface area contributed by atoms with Crippen LogP contribution < -0.4 is 0 Å². The van der Waals surface area contributed by atoms with E-state index in [1.807, 2.05) is 5.38 Å². The smallest absolute Gasteiger partial charge is 0.125 e.